The first-order chi connectivity index (χ1) is 12.0. The van der Waals surface area contributed by atoms with Crippen molar-refractivity contribution in [2.24, 2.45) is 5.92 Å². The molecule has 0 unspecified atom stereocenters. The Morgan fingerprint density at radius 1 is 1.08 bits per heavy atom. The van der Waals surface area contributed by atoms with E-state index >= 15 is 0 Å². The first kappa shape index (κ1) is 21.7. The second-order valence-electron chi connectivity index (χ2n) is 7.55. The molecule has 0 saturated heterocycles. The lowest BCUT2D eigenvalue weighted by Crippen LogP contribution is -2.50. The number of hydrogen-bond donors (Lipinski definition) is 2. The fourth-order valence-electron chi connectivity index (χ4n) is 2.48. The number of amides is 3. The van der Waals surface area contributed by atoms with Crippen LogP contribution in [0.3, 0.4) is 0 Å². The Balaban J connectivity index is 2.76. The van der Waals surface area contributed by atoms with Gasteiger partial charge < -0.3 is 10.1 Å². The Bertz CT molecular complexity index is 622. The highest BCUT2D eigenvalue weighted by molar-refractivity contribution is 5.97. The van der Waals surface area contributed by atoms with E-state index < -0.39 is 35.5 Å². The molecule has 0 fully saturated rings. The molecule has 2 N–H and O–H groups in total. The third-order valence-corrected chi connectivity index (χ3v) is 4.01. The minimum absolute atomic E-state index is 0.0596. The van der Waals surface area contributed by atoms with Gasteiger partial charge in [0.05, 0.1) is 5.92 Å². The zero-order valence-electron chi connectivity index (χ0n) is 16.5. The normalized spacial score (nSPS) is 14.7. The summed E-state index contributed by atoms with van der Waals surface area (Å²) in [6, 6.07) is 8.74. The summed E-state index contributed by atoms with van der Waals surface area (Å²) in [6.45, 7) is 10.8. The number of imide groups is 1. The van der Waals surface area contributed by atoms with Gasteiger partial charge in [-0.25, -0.2) is 4.79 Å². The molecule has 0 aliphatic carbocycles. The van der Waals surface area contributed by atoms with Gasteiger partial charge in [-0.2, -0.15) is 0 Å². The van der Waals surface area contributed by atoms with E-state index in [0.29, 0.717) is 0 Å². The third-order valence-electron chi connectivity index (χ3n) is 4.01. The average Bonchev–Trinajstić information content (AvgIpc) is 2.53. The molecule has 3 amide bonds. The Morgan fingerprint density at radius 3 is 2.15 bits per heavy atom. The second-order valence-corrected chi connectivity index (χ2v) is 7.55. The van der Waals surface area contributed by atoms with Crippen LogP contribution >= 0.6 is 0 Å². The van der Waals surface area contributed by atoms with Crippen LogP contribution in [0.4, 0.5) is 4.79 Å². The van der Waals surface area contributed by atoms with E-state index in [2.05, 4.69) is 10.6 Å². The molecule has 6 nitrogen and oxygen atoms in total. The number of hydrogen-bond acceptors (Lipinski definition) is 4. The average molecular weight is 362 g/mol. The van der Waals surface area contributed by atoms with Crippen molar-refractivity contribution >= 4 is 17.9 Å². The Kier molecular flexibility index (Phi) is 7.80. The summed E-state index contributed by atoms with van der Waals surface area (Å²) in [7, 11) is 0. The summed E-state index contributed by atoms with van der Waals surface area (Å²) in [5, 5.41) is 4.82. The van der Waals surface area contributed by atoms with Gasteiger partial charge >= 0.3 is 12.0 Å². The third kappa shape index (κ3) is 6.86. The van der Waals surface area contributed by atoms with E-state index in [1.54, 1.807) is 20.8 Å². The van der Waals surface area contributed by atoms with Crippen LogP contribution in [-0.2, 0) is 14.3 Å². The lowest BCUT2D eigenvalue weighted by Gasteiger charge is -2.24. The van der Waals surface area contributed by atoms with Crippen LogP contribution in [0.2, 0.25) is 0 Å². The van der Waals surface area contributed by atoms with Crippen LogP contribution in [0.5, 0.6) is 0 Å². The van der Waals surface area contributed by atoms with Crippen LogP contribution < -0.4 is 10.6 Å². The lowest BCUT2D eigenvalue weighted by atomic mass is 9.85. The van der Waals surface area contributed by atoms with Gasteiger partial charge in [0, 0.05) is 5.54 Å². The summed E-state index contributed by atoms with van der Waals surface area (Å²) in [5.74, 6) is -1.52. The fraction of sp³-hybridized carbons (Fsp3) is 0.550. The van der Waals surface area contributed by atoms with Gasteiger partial charge in [-0.1, -0.05) is 50.6 Å². The predicted molar refractivity (Wildman–Crippen MR) is 101 cm³/mol. The molecule has 0 saturated carbocycles. The quantitative estimate of drug-likeness (QED) is 0.760. The molecule has 1 rings (SSSR count). The largest absolute Gasteiger partial charge is 0.452 e. The monoisotopic (exact) mass is 362 g/mol. The zero-order valence-corrected chi connectivity index (χ0v) is 16.5. The highest BCUT2D eigenvalue weighted by Crippen LogP contribution is 2.28. The fourth-order valence-corrected chi connectivity index (χ4v) is 2.48. The van der Waals surface area contributed by atoms with Gasteiger partial charge in [-0.15, -0.1) is 0 Å². The number of urea groups is 1. The molecule has 3 atom stereocenters. The Morgan fingerprint density at radius 2 is 1.65 bits per heavy atom. The number of esters is 1. The van der Waals surface area contributed by atoms with Gasteiger partial charge in [0.25, 0.3) is 5.91 Å². The minimum atomic E-state index is -1.07. The zero-order chi connectivity index (χ0) is 19.9. The molecule has 1 aromatic rings. The maximum atomic E-state index is 12.7. The number of ether oxygens (including phenoxy) is 1. The van der Waals surface area contributed by atoms with Gasteiger partial charge in [0.1, 0.15) is 0 Å². The smallest absolute Gasteiger partial charge is 0.321 e. The van der Waals surface area contributed by atoms with Crippen molar-refractivity contribution in [3.05, 3.63) is 35.9 Å². The number of benzene rings is 1. The van der Waals surface area contributed by atoms with Crippen molar-refractivity contribution in [3.63, 3.8) is 0 Å². The van der Waals surface area contributed by atoms with Crippen molar-refractivity contribution in [2.75, 3.05) is 0 Å². The Labute approximate surface area is 155 Å². The van der Waals surface area contributed by atoms with Crippen LogP contribution in [-0.4, -0.2) is 29.6 Å². The minimum Gasteiger partial charge on any atom is -0.452 e. The maximum Gasteiger partial charge on any atom is 0.321 e. The molecule has 6 heteroatoms. The summed E-state index contributed by atoms with van der Waals surface area (Å²) < 4.78 is 5.35. The van der Waals surface area contributed by atoms with Crippen molar-refractivity contribution in [1.29, 1.82) is 0 Å². The van der Waals surface area contributed by atoms with Crippen LogP contribution in [0, 0.1) is 5.92 Å². The molecule has 0 radical (unpaired) electrons. The van der Waals surface area contributed by atoms with E-state index in [9.17, 15) is 14.4 Å². The van der Waals surface area contributed by atoms with Gasteiger partial charge in [-0.05, 0) is 39.2 Å². The molecule has 1 aromatic carbocycles. The highest BCUT2D eigenvalue weighted by Gasteiger charge is 2.30. The van der Waals surface area contributed by atoms with Gasteiger partial charge in [0.2, 0.25) is 0 Å². The Hall–Kier alpha value is -2.37. The van der Waals surface area contributed by atoms with Crippen LogP contribution in [0.1, 0.15) is 59.4 Å². The maximum absolute atomic E-state index is 12.7. The highest BCUT2D eigenvalue weighted by atomic mass is 16.5. The second kappa shape index (κ2) is 9.36. The molecule has 0 aromatic heterocycles. The first-order valence-electron chi connectivity index (χ1n) is 8.93. The van der Waals surface area contributed by atoms with E-state index in [-0.39, 0.29) is 5.92 Å². The van der Waals surface area contributed by atoms with Crippen molar-refractivity contribution in [3.8, 4) is 0 Å². The number of carbonyl (C=O) groups excluding carboxylic acids is 3. The summed E-state index contributed by atoms with van der Waals surface area (Å²) in [4.78, 5) is 36.6. The topological polar surface area (TPSA) is 84.5 Å². The standard InChI is InChI=1S/C20H30N2O4/c1-7-13(2)16(15-11-9-8-10-12-15)18(24)26-14(3)17(23)21-19(25)22-20(4,5)6/h8-14,16H,7H2,1-6H3,(H2,21,22,23,25)/t13-,14+,16-/m1/s1. The predicted octanol–water partition coefficient (Wildman–Crippen LogP) is 3.37. The molecular weight excluding hydrogens is 332 g/mol. The van der Waals surface area contributed by atoms with Gasteiger partial charge in [0.15, 0.2) is 6.10 Å². The lowest BCUT2D eigenvalue weighted by molar-refractivity contribution is -0.157. The van der Waals surface area contributed by atoms with Crippen LogP contribution in [0.15, 0.2) is 30.3 Å². The van der Waals surface area contributed by atoms with Crippen molar-refractivity contribution in [2.45, 2.75) is 65.5 Å². The molecule has 0 aliphatic heterocycles. The molecule has 0 heterocycles. The molecule has 144 valence electrons. The van der Waals surface area contributed by atoms with E-state index in [4.69, 9.17) is 4.74 Å². The van der Waals surface area contributed by atoms with Crippen LogP contribution in [0.25, 0.3) is 0 Å². The molecule has 0 spiro atoms. The van der Waals surface area contributed by atoms with E-state index in [1.807, 2.05) is 44.2 Å². The van der Waals surface area contributed by atoms with Crippen molar-refractivity contribution in [1.82, 2.24) is 10.6 Å². The SMILES string of the molecule is CC[C@@H](C)[C@@H](C(=O)O[C@@H](C)C(=O)NC(=O)NC(C)(C)C)c1ccccc1. The molecular formula is C20H30N2O4. The number of nitrogens with one attached hydrogen (secondary N) is 2. The molecule has 0 bridgehead atoms. The van der Waals surface area contributed by atoms with E-state index in [0.717, 1.165) is 12.0 Å². The van der Waals surface area contributed by atoms with Gasteiger partial charge in [-0.3, -0.25) is 14.9 Å². The molecule has 0 aliphatic rings. The van der Waals surface area contributed by atoms with E-state index in [1.165, 1.54) is 6.92 Å². The summed E-state index contributed by atoms with van der Waals surface area (Å²) in [5.41, 5.74) is 0.379. The number of carbonyl (C=O) groups is 3. The molecule has 26 heavy (non-hydrogen) atoms. The number of rotatable bonds is 6. The van der Waals surface area contributed by atoms with Crippen molar-refractivity contribution < 1.29 is 19.1 Å². The summed E-state index contributed by atoms with van der Waals surface area (Å²) in [6.07, 6.45) is -0.271. The first-order valence-corrected chi connectivity index (χ1v) is 8.93. The summed E-state index contributed by atoms with van der Waals surface area (Å²) >= 11 is 0.